The first-order valence-electron chi connectivity index (χ1n) is 5.95. The first-order valence-corrected chi connectivity index (χ1v) is 5.95. The summed E-state index contributed by atoms with van der Waals surface area (Å²) in [6, 6.07) is 0.495. The number of hydrogen-bond donors (Lipinski definition) is 2. The summed E-state index contributed by atoms with van der Waals surface area (Å²) in [5, 5.41) is 3.43. The fourth-order valence-electron chi connectivity index (χ4n) is 2.39. The topological polar surface area (TPSA) is 81.7 Å². The van der Waals surface area contributed by atoms with Crippen molar-refractivity contribution in [2.24, 2.45) is 7.05 Å². The highest BCUT2D eigenvalue weighted by Gasteiger charge is 2.18. The molecule has 0 radical (unpaired) electrons. The van der Waals surface area contributed by atoms with E-state index >= 15 is 0 Å². The minimum atomic E-state index is 0.293. The van der Waals surface area contributed by atoms with Gasteiger partial charge in [-0.1, -0.05) is 12.8 Å². The maximum absolute atomic E-state index is 5.72. The van der Waals surface area contributed by atoms with Gasteiger partial charge in [0.05, 0.1) is 6.33 Å². The van der Waals surface area contributed by atoms with Gasteiger partial charge in [0.2, 0.25) is 5.95 Å². The third kappa shape index (κ3) is 1.79. The number of imidazole rings is 1. The maximum atomic E-state index is 5.72. The number of nitrogens with one attached hydrogen (secondary N) is 1. The van der Waals surface area contributed by atoms with Crippen molar-refractivity contribution in [1.82, 2.24) is 19.5 Å². The van der Waals surface area contributed by atoms with E-state index in [9.17, 15) is 0 Å². The van der Waals surface area contributed by atoms with E-state index in [1.165, 1.54) is 25.7 Å². The molecule has 0 atom stereocenters. The number of nitrogens with zero attached hydrogens (tertiary/aromatic N) is 4. The van der Waals surface area contributed by atoms with Crippen LogP contribution in [0.25, 0.3) is 11.2 Å². The van der Waals surface area contributed by atoms with Gasteiger partial charge in [-0.25, -0.2) is 4.98 Å². The van der Waals surface area contributed by atoms with Gasteiger partial charge in [0, 0.05) is 13.1 Å². The van der Waals surface area contributed by atoms with Gasteiger partial charge in [-0.05, 0) is 12.8 Å². The fourth-order valence-corrected chi connectivity index (χ4v) is 2.39. The smallest absolute Gasteiger partial charge is 0.224 e. The van der Waals surface area contributed by atoms with E-state index in [4.69, 9.17) is 5.73 Å². The molecule has 2 aromatic heterocycles. The summed E-state index contributed by atoms with van der Waals surface area (Å²) >= 11 is 0. The van der Waals surface area contributed by atoms with Crippen molar-refractivity contribution in [3.63, 3.8) is 0 Å². The minimum absolute atomic E-state index is 0.293. The Morgan fingerprint density at radius 1 is 1.35 bits per heavy atom. The Hall–Kier alpha value is -1.85. The monoisotopic (exact) mass is 232 g/mol. The number of aryl methyl sites for hydroxylation is 1. The van der Waals surface area contributed by atoms with E-state index in [0.717, 1.165) is 17.0 Å². The lowest BCUT2D eigenvalue weighted by Gasteiger charge is -2.12. The van der Waals surface area contributed by atoms with Crippen LogP contribution in [0.2, 0.25) is 0 Å². The zero-order chi connectivity index (χ0) is 11.8. The number of hydrogen-bond acceptors (Lipinski definition) is 5. The standard InChI is InChI=1S/C11H16N6/c1-17-6-13-8-9(14-7-4-2-3-5-7)15-11(12)16-10(8)17/h6-7H,2-5H2,1H3,(H3,12,14,15,16). The second-order valence-electron chi connectivity index (χ2n) is 4.58. The molecule has 3 N–H and O–H groups in total. The molecule has 0 amide bonds. The molecule has 0 unspecified atom stereocenters. The Kier molecular flexibility index (Phi) is 2.35. The van der Waals surface area contributed by atoms with Crippen LogP contribution < -0.4 is 11.1 Å². The van der Waals surface area contributed by atoms with Crippen molar-refractivity contribution < 1.29 is 0 Å². The quantitative estimate of drug-likeness (QED) is 0.815. The number of nitrogen functional groups attached to an aromatic ring is 1. The number of anilines is 2. The van der Waals surface area contributed by atoms with Crippen molar-refractivity contribution >= 4 is 22.9 Å². The molecule has 1 aliphatic carbocycles. The van der Waals surface area contributed by atoms with Crippen molar-refractivity contribution in [2.45, 2.75) is 31.7 Å². The van der Waals surface area contributed by atoms with Crippen molar-refractivity contribution in [3.8, 4) is 0 Å². The predicted molar refractivity (Wildman–Crippen MR) is 66.6 cm³/mol. The van der Waals surface area contributed by atoms with E-state index in [1.54, 1.807) is 6.33 Å². The van der Waals surface area contributed by atoms with Gasteiger partial charge >= 0.3 is 0 Å². The van der Waals surface area contributed by atoms with Crippen molar-refractivity contribution in [3.05, 3.63) is 6.33 Å². The first-order chi connectivity index (χ1) is 8.24. The van der Waals surface area contributed by atoms with Gasteiger partial charge in [-0.2, -0.15) is 9.97 Å². The minimum Gasteiger partial charge on any atom is -0.368 e. The molecule has 2 aromatic rings. The van der Waals surface area contributed by atoms with Crippen LogP contribution in [0.4, 0.5) is 11.8 Å². The lowest BCUT2D eigenvalue weighted by molar-refractivity contribution is 0.751. The third-order valence-corrected chi connectivity index (χ3v) is 3.27. The van der Waals surface area contributed by atoms with Crippen LogP contribution in [-0.4, -0.2) is 25.6 Å². The summed E-state index contributed by atoms with van der Waals surface area (Å²) in [5.41, 5.74) is 7.30. The average Bonchev–Trinajstić information content (AvgIpc) is 2.90. The highest BCUT2D eigenvalue weighted by molar-refractivity contribution is 5.84. The van der Waals surface area contributed by atoms with Gasteiger partial charge in [0.1, 0.15) is 0 Å². The normalized spacial score (nSPS) is 16.8. The second kappa shape index (κ2) is 3.87. The lowest BCUT2D eigenvalue weighted by atomic mass is 10.2. The van der Waals surface area contributed by atoms with Crippen LogP contribution in [0.1, 0.15) is 25.7 Å². The summed E-state index contributed by atoms with van der Waals surface area (Å²) in [7, 11) is 1.90. The van der Waals surface area contributed by atoms with Gasteiger partial charge < -0.3 is 15.6 Å². The van der Waals surface area contributed by atoms with Gasteiger partial charge in [-0.3, -0.25) is 0 Å². The van der Waals surface area contributed by atoms with Crippen LogP contribution in [0.3, 0.4) is 0 Å². The molecule has 0 spiro atoms. The maximum Gasteiger partial charge on any atom is 0.224 e. The van der Waals surface area contributed by atoms with E-state index in [1.807, 2.05) is 11.6 Å². The molecule has 17 heavy (non-hydrogen) atoms. The van der Waals surface area contributed by atoms with Gasteiger partial charge in [-0.15, -0.1) is 0 Å². The SMILES string of the molecule is Cn1cnc2c(NC3CCCC3)nc(N)nc21. The number of nitrogens with two attached hydrogens (primary N) is 1. The average molecular weight is 232 g/mol. The van der Waals surface area contributed by atoms with E-state index in [2.05, 4.69) is 20.3 Å². The van der Waals surface area contributed by atoms with Crippen LogP contribution in [-0.2, 0) is 7.05 Å². The van der Waals surface area contributed by atoms with Gasteiger partial charge in [0.25, 0.3) is 0 Å². The number of fused-ring (bicyclic) bond motifs is 1. The zero-order valence-electron chi connectivity index (χ0n) is 9.85. The van der Waals surface area contributed by atoms with Crippen molar-refractivity contribution in [1.29, 1.82) is 0 Å². The van der Waals surface area contributed by atoms with E-state index in [-0.39, 0.29) is 0 Å². The molecule has 0 aromatic carbocycles. The molecule has 0 aliphatic heterocycles. The van der Waals surface area contributed by atoms with Crippen LogP contribution >= 0.6 is 0 Å². The molecule has 1 saturated carbocycles. The number of rotatable bonds is 2. The summed E-state index contributed by atoms with van der Waals surface area (Å²) in [4.78, 5) is 12.8. The largest absolute Gasteiger partial charge is 0.368 e. The third-order valence-electron chi connectivity index (χ3n) is 3.27. The van der Waals surface area contributed by atoms with Gasteiger partial charge in [0.15, 0.2) is 17.0 Å². The Bertz CT molecular complexity index is 540. The zero-order valence-corrected chi connectivity index (χ0v) is 9.85. The Labute approximate surface area is 99.3 Å². The highest BCUT2D eigenvalue weighted by atomic mass is 15.2. The van der Waals surface area contributed by atoms with Crippen LogP contribution in [0.15, 0.2) is 6.33 Å². The Balaban J connectivity index is 2.02. The highest BCUT2D eigenvalue weighted by Crippen LogP contribution is 2.25. The molecule has 0 bridgehead atoms. The second-order valence-corrected chi connectivity index (χ2v) is 4.58. The summed E-state index contributed by atoms with van der Waals surface area (Å²) < 4.78 is 1.85. The van der Waals surface area contributed by atoms with E-state index in [0.29, 0.717) is 12.0 Å². The Morgan fingerprint density at radius 2 is 2.12 bits per heavy atom. The molecular weight excluding hydrogens is 216 g/mol. The van der Waals surface area contributed by atoms with Crippen molar-refractivity contribution in [2.75, 3.05) is 11.1 Å². The van der Waals surface area contributed by atoms with Crippen LogP contribution in [0.5, 0.6) is 0 Å². The fraction of sp³-hybridized carbons (Fsp3) is 0.545. The Morgan fingerprint density at radius 3 is 2.88 bits per heavy atom. The molecule has 90 valence electrons. The van der Waals surface area contributed by atoms with Crippen LogP contribution in [0, 0.1) is 0 Å². The number of aromatic nitrogens is 4. The summed E-state index contributed by atoms with van der Waals surface area (Å²) in [6.45, 7) is 0. The molecule has 2 heterocycles. The predicted octanol–water partition coefficient (Wildman–Crippen LogP) is 1.30. The first kappa shape index (κ1) is 10.3. The molecule has 0 saturated heterocycles. The molecule has 6 heteroatoms. The summed E-state index contributed by atoms with van der Waals surface area (Å²) in [5.74, 6) is 1.06. The van der Waals surface area contributed by atoms with E-state index < -0.39 is 0 Å². The lowest BCUT2D eigenvalue weighted by Crippen LogP contribution is -2.16. The molecular formula is C11H16N6. The molecule has 6 nitrogen and oxygen atoms in total. The molecule has 3 rings (SSSR count). The summed E-state index contributed by atoms with van der Waals surface area (Å²) in [6.07, 6.45) is 6.68. The molecule has 1 fully saturated rings. The molecule has 1 aliphatic rings.